The van der Waals surface area contributed by atoms with Crippen LogP contribution in [0, 0.1) is 20.8 Å². The predicted octanol–water partition coefficient (Wildman–Crippen LogP) is 2.97. The molecule has 2 aromatic heterocycles. The first-order valence-electron chi connectivity index (χ1n) is 5.51. The van der Waals surface area contributed by atoms with E-state index in [1.807, 2.05) is 13.8 Å². The fraction of sp³-hybridized carbons (Fsp3) is 0.364. The molecule has 2 rings (SSSR count). The highest BCUT2D eigenvalue weighted by atomic mass is 79.9. The second-order valence-corrected chi connectivity index (χ2v) is 8.58. The van der Waals surface area contributed by atoms with E-state index < -0.39 is 10.0 Å². The molecule has 0 saturated heterocycles. The number of anilines is 1. The fourth-order valence-corrected chi connectivity index (χ4v) is 5.07. The van der Waals surface area contributed by atoms with E-state index in [1.54, 1.807) is 24.7 Å². The molecule has 104 valence electrons. The van der Waals surface area contributed by atoms with Gasteiger partial charge >= 0.3 is 0 Å². The van der Waals surface area contributed by atoms with Crippen molar-refractivity contribution in [1.29, 1.82) is 0 Å². The Morgan fingerprint density at radius 3 is 2.42 bits per heavy atom. The van der Waals surface area contributed by atoms with E-state index in [1.165, 1.54) is 11.3 Å². The highest BCUT2D eigenvalue weighted by Crippen LogP contribution is 2.32. The summed E-state index contributed by atoms with van der Waals surface area (Å²) in [5.41, 5.74) is 2.90. The Morgan fingerprint density at radius 2 is 2.00 bits per heavy atom. The second kappa shape index (κ2) is 4.92. The molecule has 0 atom stereocenters. The molecule has 0 aromatic carbocycles. The number of sulfonamides is 1. The summed E-state index contributed by atoms with van der Waals surface area (Å²) in [6.07, 6.45) is 0. The van der Waals surface area contributed by atoms with Gasteiger partial charge in [-0.15, -0.1) is 11.3 Å². The highest BCUT2D eigenvalue weighted by Gasteiger charge is 2.21. The Labute approximate surface area is 124 Å². The topological polar surface area (TPSA) is 64.0 Å². The van der Waals surface area contributed by atoms with E-state index in [0.717, 1.165) is 15.0 Å². The molecular weight excluding hydrogens is 350 g/mol. The third-order valence-corrected chi connectivity index (χ3v) is 6.80. The third-order valence-electron chi connectivity index (χ3n) is 2.84. The zero-order valence-corrected chi connectivity index (χ0v) is 14.2. The molecule has 2 aromatic rings. The van der Waals surface area contributed by atoms with Crippen LogP contribution in [0.5, 0.6) is 0 Å². The molecule has 1 N–H and O–H groups in total. The van der Waals surface area contributed by atoms with Gasteiger partial charge in [0.1, 0.15) is 4.21 Å². The standard InChI is InChI=1S/C11H14BrN3O2S2/c1-6-5-9(18-11(6)12)19(16,17)14-10-7(2)13-15(4)8(10)3/h5,14H,1-4H3. The molecule has 0 aliphatic rings. The van der Waals surface area contributed by atoms with Gasteiger partial charge in [-0.25, -0.2) is 8.42 Å². The summed E-state index contributed by atoms with van der Waals surface area (Å²) in [5, 5.41) is 4.20. The van der Waals surface area contributed by atoms with Crippen LogP contribution in [0.25, 0.3) is 0 Å². The number of rotatable bonds is 3. The molecule has 2 heterocycles. The summed E-state index contributed by atoms with van der Waals surface area (Å²) >= 11 is 4.53. The quantitative estimate of drug-likeness (QED) is 0.911. The molecule has 0 saturated carbocycles. The normalized spacial score (nSPS) is 11.8. The van der Waals surface area contributed by atoms with E-state index >= 15 is 0 Å². The molecule has 0 bridgehead atoms. The summed E-state index contributed by atoms with van der Waals surface area (Å²) in [6, 6.07) is 1.65. The van der Waals surface area contributed by atoms with E-state index in [2.05, 4.69) is 25.8 Å². The number of aryl methyl sites for hydroxylation is 3. The van der Waals surface area contributed by atoms with Gasteiger partial charge in [0.2, 0.25) is 0 Å². The molecule has 0 unspecified atom stereocenters. The molecule has 0 fully saturated rings. The zero-order valence-electron chi connectivity index (χ0n) is 11.0. The minimum atomic E-state index is -3.56. The van der Waals surface area contributed by atoms with Gasteiger partial charge in [-0.05, 0) is 48.3 Å². The number of hydrogen-bond donors (Lipinski definition) is 1. The fourth-order valence-electron chi connectivity index (χ4n) is 1.67. The van der Waals surface area contributed by atoms with Crippen molar-refractivity contribution >= 4 is 43.0 Å². The minimum Gasteiger partial charge on any atom is -0.275 e. The van der Waals surface area contributed by atoms with Crippen molar-refractivity contribution in [3.63, 3.8) is 0 Å². The number of nitrogens with one attached hydrogen (secondary N) is 1. The Morgan fingerprint density at radius 1 is 1.37 bits per heavy atom. The maximum atomic E-state index is 12.3. The van der Waals surface area contributed by atoms with E-state index in [-0.39, 0.29) is 0 Å². The lowest BCUT2D eigenvalue weighted by Gasteiger charge is -2.06. The largest absolute Gasteiger partial charge is 0.275 e. The lowest BCUT2D eigenvalue weighted by atomic mass is 10.3. The molecule has 5 nitrogen and oxygen atoms in total. The van der Waals surface area contributed by atoms with Crippen molar-refractivity contribution < 1.29 is 8.42 Å². The number of hydrogen-bond acceptors (Lipinski definition) is 4. The molecule has 0 spiro atoms. The number of nitrogens with zero attached hydrogens (tertiary/aromatic N) is 2. The van der Waals surface area contributed by atoms with Gasteiger partial charge in [-0.2, -0.15) is 5.10 Å². The van der Waals surface area contributed by atoms with E-state index in [0.29, 0.717) is 15.6 Å². The summed E-state index contributed by atoms with van der Waals surface area (Å²) in [5.74, 6) is 0. The summed E-state index contributed by atoms with van der Waals surface area (Å²) in [6.45, 7) is 5.47. The second-order valence-electron chi connectivity index (χ2n) is 4.30. The third kappa shape index (κ3) is 2.70. The first kappa shape index (κ1) is 14.5. The van der Waals surface area contributed by atoms with Crippen LogP contribution in [0.4, 0.5) is 5.69 Å². The minimum absolute atomic E-state index is 0.291. The van der Waals surface area contributed by atoms with Crippen LogP contribution in [0.15, 0.2) is 14.1 Å². The highest BCUT2D eigenvalue weighted by molar-refractivity contribution is 9.11. The van der Waals surface area contributed by atoms with Crippen molar-refractivity contribution in [2.24, 2.45) is 7.05 Å². The lowest BCUT2D eigenvalue weighted by Crippen LogP contribution is -2.12. The van der Waals surface area contributed by atoms with Gasteiger partial charge in [0, 0.05) is 7.05 Å². The van der Waals surface area contributed by atoms with Crippen LogP contribution in [-0.2, 0) is 17.1 Å². The maximum absolute atomic E-state index is 12.3. The molecule has 8 heteroatoms. The number of halogens is 1. The van der Waals surface area contributed by atoms with Crippen LogP contribution in [0.2, 0.25) is 0 Å². The molecule has 0 aliphatic heterocycles. The average Bonchev–Trinajstić information content (AvgIpc) is 2.76. The zero-order chi connectivity index (χ0) is 14.4. The first-order valence-corrected chi connectivity index (χ1v) is 8.60. The average molecular weight is 364 g/mol. The van der Waals surface area contributed by atoms with Crippen molar-refractivity contribution in [2.45, 2.75) is 25.0 Å². The van der Waals surface area contributed by atoms with Gasteiger partial charge in [0.05, 0.1) is 20.9 Å². The summed E-state index contributed by atoms with van der Waals surface area (Å²) in [4.78, 5) is 0. The smallest absolute Gasteiger partial charge is 0.271 e. The molecule has 0 radical (unpaired) electrons. The predicted molar refractivity (Wildman–Crippen MR) is 80.2 cm³/mol. The summed E-state index contributed by atoms with van der Waals surface area (Å²) < 4.78 is 30.0. The van der Waals surface area contributed by atoms with Crippen LogP contribution in [0.1, 0.15) is 17.0 Å². The molecule has 0 aliphatic carbocycles. The van der Waals surface area contributed by atoms with Gasteiger partial charge in [-0.3, -0.25) is 9.40 Å². The van der Waals surface area contributed by atoms with Crippen LogP contribution >= 0.6 is 27.3 Å². The van der Waals surface area contributed by atoms with Gasteiger partial charge in [0.15, 0.2) is 0 Å². The van der Waals surface area contributed by atoms with Crippen molar-refractivity contribution in [3.05, 3.63) is 26.8 Å². The van der Waals surface area contributed by atoms with Gasteiger partial charge in [-0.1, -0.05) is 0 Å². The first-order chi connectivity index (χ1) is 8.72. The SMILES string of the molecule is Cc1cc(S(=O)(=O)Nc2c(C)nn(C)c2C)sc1Br. The van der Waals surface area contributed by atoms with Crippen molar-refractivity contribution in [1.82, 2.24) is 9.78 Å². The van der Waals surface area contributed by atoms with Crippen LogP contribution in [0.3, 0.4) is 0 Å². The van der Waals surface area contributed by atoms with Gasteiger partial charge in [0.25, 0.3) is 10.0 Å². The Hall–Kier alpha value is -0.860. The number of thiophene rings is 1. The molecule has 19 heavy (non-hydrogen) atoms. The Bertz CT molecular complexity index is 712. The van der Waals surface area contributed by atoms with Crippen molar-refractivity contribution in [3.8, 4) is 0 Å². The van der Waals surface area contributed by atoms with E-state index in [9.17, 15) is 8.42 Å². The Balaban J connectivity index is 2.42. The number of aromatic nitrogens is 2. The molecular formula is C11H14BrN3O2S2. The summed E-state index contributed by atoms with van der Waals surface area (Å²) in [7, 11) is -1.78. The van der Waals surface area contributed by atoms with Crippen LogP contribution < -0.4 is 4.72 Å². The molecule has 0 amide bonds. The monoisotopic (exact) mass is 363 g/mol. The Kier molecular flexibility index (Phi) is 3.76. The van der Waals surface area contributed by atoms with Crippen LogP contribution in [-0.4, -0.2) is 18.2 Å². The lowest BCUT2D eigenvalue weighted by molar-refractivity contribution is 0.603. The van der Waals surface area contributed by atoms with Gasteiger partial charge < -0.3 is 0 Å². The maximum Gasteiger partial charge on any atom is 0.271 e. The van der Waals surface area contributed by atoms with E-state index in [4.69, 9.17) is 0 Å². The van der Waals surface area contributed by atoms with Crippen molar-refractivity contribution in [2.75, 3.05) is 4.72 Å².